The van der Waals surface area contributed by atoms with Gasteiger partial charge in [-0.2, -0.15) is 0 Å². The Kier molecular flexibility index (Phi) is 9.07. The summed E-state index contributed by atoms with van der Waals surface area (Å²) in [7, 11) is 0. The van der Waals surface area contributed by atoms with Gasteiger partial charge < -0.3 is 28.9 Å². The van der Waals surface area contributed by atoms with E-state index in [1.54, 1.807) is 24.5 Å². The van der Waals surface area contributed by atoms with Gasteiger partial charge in [-0.25, -0.2) is 0 Å². The van der Waals surface area contributed by atoms with Crippen molar-refractivity contribution in [1.82, 2.24) is 9.97 Å². The fourth-order valence-electron chi connectivity index (χ4n) is 3.43. The lowest BCUT2D eigenvalue weighted by Gasteiger charge is -2.09. The fourth-order valence-corrected chi connectivity index (χ4v) is 3.43. The van der Waals surface area contributed by atoms with E-state index in [2.05, 4.69) is 9.97 Å². The Morgan fingerprint density at radius 3 is 1.17 bits per heavy atom. The number of nitrogens with one attached hydrogen (secondary N) is 2. The third kappa shape index (κ3) is 7.69. The first-order chi connectivity index (χ1) is 17.7. The first-order valence-electron chi connectivity index (χ1n) is 11.7. The van der Waals surface area contributed by atoms with Crippen LogP contribution in [0.2, 0.25) is 0 Å². The van der Waals surface area contributed by atoms with Crippen LogP contribution in [-0.2, 0) is 9.47 Å². The second kappa shape index (κ2) is 13.1. The molecule has 0 fully saturated rings. The highest BCUT2D eigenvalue weighted by atomic mass is 16.6. The predicted molar refractivity (Wildman–Crippen MR) is 138 cm³/mol. The van der Waals surface area contributed by atoms with Crippen LogP contribution in [0.3, 0.4) is 0 Å². The van der Waals surface area contributed by atoms with E-state index < -0.39 is 0 Å². The Hall–Kier alpha value is -4.14. The molecule has 0 saturated heterocycles. The highest BCUT2D eigenvalue weighted by molar-refractivity contribution is 5.63. The normalized spacial score (nSPS) is 10.8. The SMILES string of the molecule is O=c1ccc(-c2ccc(OCCOCCOCCOc3ccc(-c4ccc(=O)[nH]c4)cc3)cc2)c[nH]1. The van der Waals surface area contributed by atoms with E-state index in [4.69, 9.17) is 18.9 Å². The third-order valence-electron chi connectivity index (χ3n) is 5.31. The van der Waals surface area contributed by atoms with Crippen LogP contribution >= 0.6 is 0 Å². The molecule has 8 nitrogen and oxygen atoms in total. The van der Waals surface area contributed by atoms with Crippen LogP contribution in [0, 0.1) is 0 Å². The molecule has 0 saturated carbocycles. The van der Waals surface area contributed by atoms with Crippen molar-refractivity contribution in [3.8, 4) is 33.8 Å². The van der Waals surface area contributed by atoms with Crippen molar-refractivity contribution in [2.24, 2.45) is 0 Å². The first kappa shape index (κ1) is 25.0. The molecule has 0 spiro atoms. The molecule has 186 valence electrons. The molecule has 0 amide bonds. The van der Waals surface area contributed by atoms with E-state index in [0.717, 1.165) is 33.8 Å². The van der Waals surface area contributed by atoms with Crippen LogP contribution in [0.25, 0.3) is 22.3 Å². The summed E-state index contributed by atoms with van der Waals surface area (Å²) in [5.41, 5.74) is 3.64. The first-order valence-corrected chi connectivity index (χ1v) is 11.7. The lowest BCUT2D eigenvalue weighted by atomic mass is 10.1. The molecule has 4 aromatic rings. The lowest BCUT2D eigenvalue weighted by Crippen LogP contribution is -2.13. The molecule has 4 rings (SSSR count). The monoisotopic (exact) mass is 488 g/mol. The van der Waals surface area contributed by atoms with Crippen LogP contribution in [0.1, 0.15) is 0 Å². The minimum atomic E-state index is -0.121. The van der Waals surface area contributed by atoms with E-state index in [-0.39, 0.29) is 11.1 Å². The van der Waals surface area contributed by atoms with Crippen LogP contribution in [0.4, 0.5) is 0 Å². The Labute approximate surface area is 208 Å². The molecule has 0 aliphatic heterocycles. The van der Waals surface area contributed by atoms with Crippen molar-refractivity contribution < 1.29 is 18.9 Å². The molecule has 0 radical (unpaired) electrons. The van der Waals surface area contributed by atoms with Gasteiger partial charge in [-0.1, -0.05) is 24.3 Å². The van der Waals surface area contributed by atoms with E-state index in [9.17, 15) is 9.59 Å². The molecule has 0 aliphatic carbocycles. The van der Waals surface area contributed by atoms with E-state index >= 15 is 0 Å². The van der Waals surface area contributed by atoms with Crippen LogP contribution < -0.4 is 20.6 Å². The smallest absolute Gasteiger partial charge is 0.247 e. The number of aromatic amines is 2. The van der Waals surface area contributed by atoms with Crippen LogP contribution in [-0.4, -0.2) is 49.6 Å². The van der Waals surface area contributed by atoms with E-state index in [0.29, 0.717) is 39.6 Å². The van der Waals surface area contributed by atoms with Gasteiger partial charge in [0.2, 0.25) is 11.1 Å². The third-order valence-corrected chi connectivity index (χ3v) is 5.31. The van der Waals surface area contributed by atoms with Gasteiger partial charge in [-0.3, -0.25) is 9.59 Å². The van der Waals surface area contributed by atoms with Crippen molar-refractivity contribution >= 4 is 0 Å². The molecular formula is C28H28N2O6. The number of ether oxygens (including phenoxy) is 4. The number of H-pyrrole nitrogens is 2. The topological polar surface area (TPSA) is 103 Å². The highest BCUT2D eigenvalue weighted by Crippen LogP contribution is 2.22. The molecule has 2 aromatic heterocycles. The van der Waals surface area contributed by atoms with E-state index in [1.165, 1.54) is 12.1 Å². The Balaban J connectivity index is 1.03. The molecule has 0 atom stereocenters. The highest BCUT2D eigenvalue weighted by Gasteiger charge is 2.01. The van der Waals surface area contributed by atoms with Gasteiger partial charge in [-0.05, 0) is 58.7 Å². The molecule has 2 aromatic carbocycles. The Bertz CT molecular complexity index is 1180. The summed E-state index contributed by atoms with van der Waals surface area (Å²) in [6, 6.07) is 21.9. The number of hydrogen-bond donors (Lipinski definition) is 2. The van der Waals surface area contributed by atoms with Gasteiger partial charge in [0.15, 0.2) is 0 Å². The molecule has 0 aliphatic rings. The van der Waals surface area contributed by atoms with Gasteiger partial charge in [0.25, 0.3) is 0 Å². The zero-order valence-electron chi connectivity index (χ0n) is 19.8. The Morgan fingerprint density at radius 1 is 0.444 bits per heavy atom. The predicted octanol–water partition coefficient (Wildman–Crippen LogP) is 3.89. The van der Waals surface area contributed by atoms with Crippen molar-refractivity contribution in [1.29, 1.82) is 0 Å². The average Bonchev–Trinajstić information content (AvgIpc) is 2.91. The quantitative estimate of drug-likeness (QED) is 0.277. The van der Waals surface area contributed by atoms with Crippen molar-refractivity contribution in [3.05, 3.63) is 106 Å². The average molecular weight is 489 g/mol. The van der Waals surface area contributed by atoms with Gasteiger partial charge in [0, 0.05) is 24.5 Å². The van der Waals surface area contributed by atoms with Gasteiger partial charge in [-0.15, -0.1) is 0 Å². The zero-order valence-corrected chi connectivity index (χ0v) is 19.8. The zero-order chi connectivity index (χ0) is 25.0. The van der Waals surface area contributed by atoms with Crippen molar-refractivity contribution in [3.63, 3.8) is 0 Å². The van der Waals surface area contributed by atoms with Crippen molar-refractivity contribution in [2.45, 2.75) is 0 Å². The summed E-state index contributed by atoms with van der Waals surface area (Å²) < 4.78 is 22.5. The summed E-state index contributed by atoms with van der Waals surface area (Å²) in [5, 5.41) is 0. The number of aromatic nitrogens is 2. The molecule has 8 heteroatoms. The number of benzene rings is 2. The van der Waals surface area contributed by atoms with Crippen molar-refractivity contribution in [2.75, 3.05) is 39.6 Å². The number of pyridine rings is 2. The lowest BCUT2D eigenvalue weighted by molar-refractivity contribution is 0.0273. The molecular weight excluding hydrogens is 460 g/mol. The standard InChI is InChI=1S/C28H28N2O6/c31-27-11-5-23(19-29-27)21-1-7-25(8-2-21)35-17-15-33-13-14-34-16-18-36-26-9-3-22(4-10-26)24-6-12-28(32)30-20-24/h1-12,19-20H,13-18H2,(H,29,31)(H,30,32). The number of hydrogen-bond acceptors (Lipinski definition) is 6. The Morgan fingerprint density at radius 2 is 0.806 bits per heavy atom. The second-order valence-electron chi connectivity index (χ2n) is 7.85. The van der Waals surface area contributed by atoms with E-state index in [1.807, 2.05) is 48.5 Å². The maximum atomic E-state index is 11.2. The van der Waals surface area contributed by atoms with Crippen LogP contribution in [0.15, 0.2) is 94.8 Å². The number of rotatable bonds is 13. The minimum Gasteiger partial charge on any atom is -0.491 e. The largest absolute Gasteiger partial charge is 0.491 e. The maximum absolute atomic E-state index is 11.2. The molecule has 0 unspecified atom stereocenters. The summed E-state index contributed by atoms with van der Waals surface area (Å²) in [6.07, 6.45) is 3.38. The summed E-state index contributed by atoms with van der Waals surface area (Å²) in [6.45, 7) is 2.75. The molecule has 2 N–H and O–H groups in total. The summed E-state index contributed by atoms with van der Waals surface area (Å²) >= 11 is 0. The maximum Gasteiger partial charge on any atom is 0.247 e. The molecule has 2 heterocycles. The minimum absolute atomic E-state index is 0.121. The summed E-state index contributed by atoms with van der Waals surface area (Å²) in [4.78, 5) is 27.7. The van der Waals surface area contributed by atoms with Gasteiger partial charge in [0.05, 0.1) is 26.4 Å². The molecule has 36 heavy (non-hydrogen) atoms. The van der Waals surface area contributed by atoms with Gasteiger partial charge >= 0.3 is 0 Å². The molecule has 0 bridgehead atoms. The fraction of sp³-hybridized carbons (Fsp3) is 0.214. The summed E-state index contributed by atoms with van der Waals surface area (Å²) in [5.74, 6) is 1.51. The second-order valence-corrected chi connectivity index (χ2v) is 7.85. The van der Waals surface area contributed by atoms with Gasteiger partial charge in [0.1, 0.15) is 24.7 Å². The van der Waals surface area contributed by atoms with Crippen LogP contribution in [0.5, 0.6) is 11.5 Å².